The van der Waals surface area contributed by atoms with Crippen molar-refractivity contribution >= 4 is 11.6 Å². The van der Waals surface area contributed by atoms with Gasteiger partial charge in [-0.2, -0.15) is 0 Å². The molecule has 2 rings (SSSR count). The minimum absolute atomic E-state index is 0.257. The van der Waals surface area contributed by atoms with Crippen molar-refractivity contribution in [2.24, 2.45) is 5.92 Å². The normalized spacial score (nSPS) is 24.2. The summed E-state index contributed by atoms with van der Waals surface area (Å²) < 4.78 is 13.3. The van der Waals surface area contributed by atoms with Crippen molar-refractivity contribution in [1.82, 2.24) is 5.32 Å². The van der Waals surface area contributed by atoms with Crippen molar-refractivity contribution < 1.29 is 4.39 Å². The number of benzene rings is 1. The van der Waals surface area contributed by atoms with Crippen LogP contribution in [0, 0.1) is 11.7 Å². The molecule has 1 aliphatic carbocycles. The second-order valence-corrected chi connectivity index (χ2v) is 5.61. The van der Waals surface area contributed by atoms with Gasteiger partial charge in [-0.25, -0.2) is 4.39 Å². The number of hydrogen-bond donors (Lipinski definition) is 1. The monoisotopic (exact) mass is 269 g/mol. The van der Waals surface area contributed by atoms with E-state index in [1.54, 1.807) is 6.07 Å². The van der Waals surface area contributed by atoms with Crippen LogP contribution in [0.15, 0.2) is 18.2 Å². The Bertz CT molecular complexity index is 394. The molecule has 2 atom stereocenters. The summed E-state index contributed by atoms with van der Waals surface area (Å²) in [4.78, 5) is 0. The Labute approximate surface area is 114 Å². The Balaban J connectivity index is 1.89. The van der Waals surface area contributed by atoms with Crippen LogP contribution in [-0.2, 0) is 6.54 Å². The summed E-state index contributed by atoms with van der Waals surface area (Å²) >= 11 is 5.95. The van der Waals surface area contributed by atoms with E-state index >= 15 is 0 Å². The Morgan fingerprint density at radius 3 is 3.00 bits per heavy atom. The summed E-state index contributed by atoms with van der Waals surface area (Å²) in [5.41, 5.74) is 0.857. The molecule has 0 spiro atoms. The van der Waals surface area contributed by atoms with Crippen molar-refractivity contribution in [2.45, 2.75) is 51.6 Å². The molecular formula is C15H21ClFN. The largest absolute Gasteiger partial charge is 0.310 e. The summed E-state index contributed by atoms with van der Waals surface area (Å²) in [7, 11) is 0. The molecule has 1 nitrogen and oxygen atoms in total. The van der Waals surface area contributed by atoms with Gasteiger partial charge in [-0.1, -0.05) is 49.9 Å². The molecule has 1 aliphatic rings. The average molecular weight is 270 g/mol. The third kappa shape index (κ3) is 3.46. The van der Waals surface area contributed by atoms with Gasteiger partial charge in [-0.05, 0) is 30.4 Å². The Morgan fingerprint density at radius 2 is 2.22 bits per heavy atom. The molecule has 0 aromatic heterocycles. The molecule has 1 aromatic carbocycles. The van der Waals surface area contributed by atoms with Crippen molar-refractivity contribution in [3.05, 3.63) is 34.6 Å². The Kier molecular flexibility index (Phi) is 5.02. The highest BCUT2D eigenvalue weighted by molar-refractivity contribution is 6.31. The lowest BCUT2D eigenvalue weighted by molar-refractivity contribution is 0.278. The number of halogens is 2. The fourth-order valence-electron chi connectivity index (χ4n) is 2.79. The fourth-order valence-corrected chi connectivity index (χ4v) is 2.98. The predicted molar refractivity (Wildman–Crippen MR) is 74.3 cm³/mol. The van der Waals surface area contributed by atoms with Gasteiger partial charge in [-0.3, -0.25) is 0 Å². The minimum atomic E-state index is -0.328. The topological polar surface area (TPSA) is 12.0 Å². The number of hydrogen-bond acceptors (Lipinski definition) is 1. The lowest BCUT2D eigenvalue weighted by Gasteiger charge is -2.29. The number of rotatable bonds is 4. The van der Waals surface area contributed by atoms with E-state index in [1.165, 1.54) is 38.2 Å². The smallest absolute Gasteiger partial charge is 0.142 e. The highest BCUT2D eigenvalue weighted by atomic mass is 35.5. The van der Waals surface area contributed by atoms with E-state index in [4.69, 9.17) is 11.6 Å². The van der Waals surface area contributed by atoms with Crippen LogP contribution in [0.25, 0.3) is 0 Å². The van der Waals surface area contributed by atoms with Crippen LogP contribution in [0.4, 0.5) is 4.39 Å². The van der Waals surface area contributed by atoms with Crippen molar-refractivity contribution in [3.8, 4) is 0 Å². The molecule has 0 heterocycles. The van der Waals surface area contributed by atoms with Gasteiger partial charge in [0, 0.05) is 12.6 Å². The second-order valence-electron chi connectivity index (χ2n) is 5.23. The molecule has 18 heavy (non-hydrogen) atoms. The first-order chi connectivity index (χ1) is 8.70. The van der Waals surface area contributed by atoms with Gasteiger partial charge >= 0.3 is 0 Å². The van der Waals surface area contributed by atoms with Crippen LogP contribution >= 0.6 is 11.6 Å². The molecule has 0 saturated heterocycles. The molecule has 0 bridgehead atoms. The quantitative estimate of drug-likeness (QED) is 0.846. The van der Waals surface area contributed by atoms with Gasteiger partial charge in [-0.15, -0.1) is 0 Å². The summed E-state index contributed by atoms with van der Waals surface area (Å²) in [6, 6.07) is 5.56. The van der Waals surface area contributed by atoms with Crippen LogP contribution in [-0.4, -0.2) is 6.04 Å². The lowest BCUT2D eigenvalue weighted by Crippen LogP contribution is -2.33. The van der Waals surface area contributed by atoms with E-state index in [-0.39, 0.29) is 10.8 Å². The van der Waals surface area contributed by atoms with Crippen LogP contribution in [0.1, 0.15) is 44.6 Å². The third-order valence-corrected chi connectivity index (χ3v) is 4.40. The maximum absolute atomic E-state index is 13.3. The molecular weight excluding hydrogens is 249 g/mol. The van der Waals surface area contributed by atoms with Crippen LogP contribution in [0.3, 0.4) is 0 Å². The van der Waals surface area contributed by atoms with E-state index in [1.807, 2.05) is 6.07 Å². The lowest BCUT2D eigenvalue weighted by atomic mass is 9.84. The summed E-state index contributed by atoms with van der Waals surface area (Å²) in [5, 5.41) is 3.78. The molecule has 0 aliphatic heterocycles. The van der Waals surface area contributed by atoms with E-state index in [0.717, 1.165) is 11.5 Å². The van der Waals surface area contributed by atoms with E-state index in [2.05, 4.69) is 12.2 Å². The zero-order chi connectivity index (χ0) is 13.0. The van der Waals surface area contributed by atoms with Crippen molar-refractivity contribution in [2.75, 3.05) is 0 Å². The van der Waals surface area contributed by atoms with Crippen LogP contribution < -0.4 is 5.32 Å². The molecule has 1 fully saturated rings. The van der Waals surface area contributed by atoms with E-state index in [9.17, 15) is 4.39 Å². The third-order valence-electron chi connectivity index (χ3n) is 3.97. The summed E-state index contributed by atoms with van der Waals surface area (Å²) in [6.07, 6.45) is 6.38. The molecule has 0 radical (unpaired) electrons. The van der Waals surface area contributed by atoms with Crippen LogP contribution in [0.5, 0.6) is 0 Å². The molecule has 1 N–H and O–H groups in total. The minimum Gasteiger partial charge on any atom is -0.310 e. The van der Waals surface area contributed by atoms with E-state index in [0.29, 0.717) is 12.6 Å². The molecule has 1 saturated carbocycles. The maximum atomic E-state index is 13.3. The Hall–Kier alpha value is -0.600. The summed E-state index contributed by atoms with van der Waals surface area (Å²) in [6.45, 7) is 2.92. The SMILES string of the molecule is CCC1CCCC(NCc2cccc(F)c2Cl)C1. The first-order valence-corrected chi connectivity index (χ1v) is 7.24. The van der Waals surface area contributed by atoms with Crippen LogP contribution in [0.2, 0.25) is 5.02 Å². The first-order valence-electron chi connectivity index (χ1n) is 6.87. The number of nitrogens with one attached hydrogen (secondary N) is 1. The second kappa shape index (κ2) is 6.53. The molecule has 1 aromatic rings. The molecule has 2 unspecified atom stereocenters. The predicted octanol–water partition coefficient (Wildman–Crippen LogP) is 4.54. The van der Waals surface area contributed by atoms with Gasteiger partial charge in [0.05, 0.1) is 5.02 Å². The van der Waals surface area contributed by atoms with E-state index < -0.39 is 0 Å². The zero-order valence-electron chi connectivity index (χ0n) is 10.9. The fraction of sp³-hybridized carbons (Fsp3) is 0.600. The van der Waals surface area contributed by atoms with Crippen molar-refractivity contribution in [3.63, 3.8) is 0 Å². The van der Waals surface area contributed by atoms with Gasteiger partial charge < -0.3 is 5.32 Å². The van der Waals surface area contributed by atoms with Gasteiger partial charge in [0.1, 0.15) is 5.82 Å². The molecule has 100 valence electrons. The summed E-state index contributed by atoms with van der Waals surface area (Å²) in [5.74, 6) is 0.519. The van der Waals surface area contributed by atoms with Gasteiger partial charge in [0.2, 0.25) is 0 Å². The van der Waals surface area contributed by atoms with Gasteiger partial charge in [0.15, 0.2) is 0 Å². The standard InChI is InChI=1S/C15H21ClFN/c1-2-11-5-3-7-13(9-11)18-10-12-6-4-8-14(17)15(12)16/h4,6,8,11,13,18H,2-3,5,7,9-10H2,1H3. The highest BCUT2D eigenvalue weighted by Crippen LogP contribution is 2.27. The van der Waals surface area contributed by atoms with Gasteiger partial charge in [0.25, 0.3) is 0 Å². The highest BCUT2D eigenvalue weighted by Gasteiger charge is 2.20. The molecule has 3 heteroatoms. The zero-order valence-corrected chi connectivity index (χ0v) is 11.6. The average Bonchev–Trinajstić information content (AvgIpc) is 2.41. The van der Waals surface area contributed by atoms with Crippen molar-refractivity contribution in [1.29, 1.82) is 0 Å². The molecule has 0 amide bonds. The first kappa shape index (κ1) is 13.8. The maximum Gasteiger partial charge on any atom is 0.142 e. The Morgan fingerprint density at radius 1 is 1.39 bits per heavy atom.